The monoisotopic (exact) mass is 620 g/mol. The molecule has 0 unspecified atom stereocenters. The summed E-state index contributed by atoms with van der Waals surface area (Å²) in [5.74, 6) is -6.64. The molecule has 0 saturated heterocycles. The summed E-state index contributed by atoms with van der Waals surface area (Å²) >= 11 is 0. The van der Waals surface area contributed by atoms with E-state index in [1.807, 2.05) is 0 Å². The summed E-state index contributed by atoms with van der Waals surface area (Å²) in [6, 6.07) is 0. The quantitative estimate of drug-likeness (QED) is 0.0716. The fourth-order valence-electron chi connectivity index (χ4n) is 2.14. The first kappa shape index (κ1) is 51.3. The Bertz CT molecular complexity index is 637. The molecule has 0 fully saturated rings. The molecule has 17 nitrogen and oxygen atoms in total. The second kappa shape index (κ2) is 29.1. The van der Waals surface area contributed by atoms with Crippen LogP contribution in [0.25, 0.3) is 0 Å². The number of carboxylic acid groups (broad SMARTS) is 5. The predicted octanol–water partition coefficient (Wildman–Crippen LogP) is -11.6. The van der Waals surface area contributed by atoms with Crippen molar-refractivity contribution in [1.82, 2.24) is 9.80 Å². The van der Waals surface area contributed by atoms with E-state index in [1.165, 1.54) is 0 Å². The molecule has 204 valence electrons. The fraction of sp³-hybridized carbons (Fsp3) is 0.688. The smallest absolute Gasteiger partial charge is 1.00 e. The van der Waals surface area contributed by atoms with Gasteiger partial charge in [0.1, 0.15) is 18.3 Å². The number of carbonyl (C=O) groups is 5. The summed E-state index contributed by atoms with van der Waals surface area (Å²) in [5.41, 5.74) is 0. The second-order valence-corrected chi connectivity index (χ2v) is 6.51. The van der Waals surface area contributed by atoms with Gasteiger partial charge in [0, 0.05) is 13.1 Å². The van der Waals surface area contributed by atoms with Crippen molar-refractivity contribution in [2.45, 2.75) is 24.4 Å². The molecule has 0 saturated carbocycles. The standard InChI is InChI=1S/C10H16N2O8.C6H12O7.2Ca.2Na.6H/c13-7(14)3-11(4-8(15)16)1-2-12(5-9(17)18)6-10(19)20;7-1-2(8)3(9)4(10)5(11)6(12)13;;;;;;;;;;/h1-6H2,(H,13,14)(H,15,16)(H,17,18)(H,19,20);2-5,7-11H,1H2,(H,12,13);;;;;;;;;;/q;;2*+2;2*+1;6*-1/t;2-,3-,4+,5-;;;;;;;;;;/m.1........../s1. The third-order valence-corrected chi connectivity index (χ3v) is 3.68. The molecular weight excluding hydrogens is 586 g/mol. The number of nitrogens with zero attached hydrogens (tertiary/aromatic N) is 2. The van der Waals surface area contributed by atoms with E-state index in [2.05, 4.69) is 0 Å². The molecule has 21 heteroatoms. The molecule has 37 heavy (non-hydrogen) atoms. The summed E-state index contributed by atoms with van der Waals surface area (Å²) in [4.78, 5) is 54.5. The number of aliphatic hydroxyl groups excluding tert-OH is 5. The third-order valence-electron chi connectivity index (χ3n) is 3.68. The van der Waals surface area contributed by atoms with Gasteiger partial charge in [0.05, 0.1) is 32.8 Å². The Morgan fingerprint density at radius 2 is 0.865 bits per heavy atom. The van der Waals surface area contributed by atoms with Crippen LogP contribution < -0.4 is 59.1 Å². The van der Waals surface area contributed by atoms with Gasteiger partial charge >= 0.3 is 164 Å². The molecule has 0 aliphatic rings. The maximum Gasteiger partial charge on any atom is 2.00 e. The molecule has 0 radical (unpaired) electrons. The van der Waals surface area contributed by atoms with E-state index in [-0.39, 0.29) is 156 Å². The van der Waals surface area contributed by atoms with Crippen molar-refractivity contribution < 1.29 is 143 Å². The van der Waals surface area contributed by atoms with E-state index in [4.69, 9.17) is 51.1 Å². The van der Waals surface area contributed by atoms with Crippen molar-refractivity contribution in [2.24, 2.45) is 0 Å². The minimum atomic E-state index is -2.20. The van der Waals surface area contributed by atoms with Crippen molar-refractivity contribution in [3.63, 3.8) is 0 Å². The molecular formula is C16H34Ca2N2Na2O15. The Morgan fingerprint density at radius 1 is 0.595 bits per heavy atom. The average molecular weight is 621 g/mol. The average Bonchev–Trinajstić information content (AvgIpc) is 2.68. The zero-order chi connectivity index (χ0) is 26.3. The number of hydrogen-bond donors (Lipinski definition) is 10. The van der Waals surface area contributed by atoms with E-state index in [0.717, 1.165) is 9.80 Å². The van der Waals surface area contributed by atoms with E-state index < -0.39 is 87.0 Å². The summed E-state index contributed by atoms with van der Waals surface area (Å²) in [5, 5.41) is 86.3. The van der Waals surface area contributed by atoms with Gasteiger partial charge in [-0.3, -0.25) is 29.0 Å². The van der Waals surface area contributed by atoms with Crippen molar-refractivity contribution in [3.05, 3.63) is 0 Å². The van der Waals surface area contributed by atoms with Crippen LogP contribution in [0.1, 0.15) is 8.56 Å². The van der Waals surface area contributed by atoms with Crippen LogP contribution in [0.4, 0.5) is 0 Å². The van der Waals surface area contributed by atoms with Gasteiger partial charge in [-0.25, -0.2) is 4.79 Å². The van der Waals surface area contributed by atoms with Crippen molar-refractivity contribution in [3.8, 4) is 0 Å². The van der Waals surface area contributed by atoms with E-state index in [9.17, 15) is 24.0 Å². The van der Waals surface area contributed by atoms with E-state index in [0.29, 0.717) is 0 Å². The molecule has 0 aromatic carbocycles. The fourth-order valence-corrected chi connectivity index (χ4v) is 2.14. The van der Waals surface area contributed by atoms with Gasteiger partial charge in [-0.1, -0.05) is 0 Å². The Kier molecular flexibility index (Phi) is 40.4. The number of hydrogen-bond acceptors (Lipinski definition) is 12. The predicted molar refractivity (Wildman–Crippen MR) is 120 cm³/mol. The summed E-state index contributed by atoms with van der Waals surface area (Å²) in [6.45, 7) is -3.09. The first-order chi connectivity index (χ1) is 15.1. The van der Waals surface area contributed by atoms with Gasteiger partial charge in [0.2, 0.25) is 0 Å². The van der Waals surface area contributed by atoms with Crippen LogP contribution in [-0.2, 0) is 24.0 Å². The van der Waals surface area contributed by atoms with Gasteiger partial charge in [-0.05, 0) is 0 Å². The maximum atomic E-state index is 10.6. The molecule has 10 N–H and O–H groups in total. The minimum absolute atomic E-state index is 0. The van der Waals surface area contributed by atoms with Crippen LogP contribution in [0.3, 0.4) is 0 Å². The van der Waals surface area contributed by atoms with Gasteiger partial charge in [0.25, 0.3) is 0 Å². The van der Waals surface area contributed by atoms with Crippen molar-refractivity contribution in [1.29, 1.82) is 0 Å². The number of aliphatic hydroxyl groups is 5. The van der Waals surface area contributed by atoms with Crippen molar-refractivity contribution >= 4 is 105 Å². The number of carboxylic acids is 5. The maximum absolute atomic E-state index is 10.6. The first-order valence-electron chi connectivity index (χ1n) is 9.00. The summed E-state index contributed by atoms with van der Waals surface area (Å²) in [7, 11) is 0. The molecule has 0 aromatic rings. The Hall–Kier alpha value is 1.59. The zero-order valence-electron chi connectivity index (χ0n) is 26.6. The molecule has 0 bridgehead atoms. The Labute approximate surface area is 323 Å². The van der Waals surface area contributed by atoms with Gasteiger partial charge in [-0.15, -0.1) is 0 Å². The van der Waals surface area contributed by atoms with Gasteiger partial charge in [-0.2, -0.15) is 0 Å². The molecule has 0 spiro atoms. The minimum Gasteiger partial charge on any atom is -1.00 e. The van der Waals surface area contributed by atoms with Crippen LogP contribution in [0.5, 0.6) is 0 Å². The zero-order valence-corrected chi connectivity index (χ0v) is 29.0. The molecule has 0 rings (SSSR count). The molecule has 0 aliphatic heterocycles. The van der Waals surface area contributed by atoms with Gasteiger partial charge < -0.3 is 59.6 Å². The van der Waals surface area contributed by atoms with Crippen LogP contribution in [0.2, 0.25) is 0 Å². The van der Waals surface area contributed by atoms with Crippen LogP contribution >= 0.6 is 0 Å². The normalized spacial score (nSPS) is 12.9. The summed E-state index contributed by atoms with van der Waals surface area (Å²) < 4.78 is 0. The molecule has 4 atom stereocenters. The number of aliphatic carboxylic acids is 5. The van der Waals surface area contributed by atoms with E-state index >= 15 is 0 Å². The Balaban J connectivity index is -0.0000000380. The third kappa shape index (κ3) is 28.9. The number of rotatable bonds is 16. The van der Waals surface area contributed by atoms with E-state index in [1.54, 1.807) is 0 Å². The molecule has 0 aliphatic carbocycles. The SMILES string of the molecule is O=C(O)CN(CCN(CC(=O)O)CC(=O)O)CC(=O)O.O=C(O)[C@H](O)[C@@H](O)[C@H](O)[C@H](O)CO.[Ca+2].[Ca+2].[H-].[H-].[H-].[H-].[H-].[H-].[Na+].[Na+]. The topological polar surface area (TPSA) is 294 Å². The molecule has 0 heterocycles. The van der Waals surface area contributed by atoms with Crippen LogP contribution in [0, 0.1) is 0 Å². The van der Waals surface area contributed by atoms with Crippen LogP contribution in [-0.4, -0.2) is 236 Å². The van der Waals surface area contributed by atoms with Crippen LogP contribution in [0.15, 0.2) is 0 Å². The largest absolute Gasteiger partial charge is 2.00 e. The molecule has 0 aromatic heterocycles. The van der Waals surface area contributed by atoms with Gasteiger partial charge in [0.15, 0.2) is 6.10 Å². The van der Waals surface area contributed by atoms with Crippen molar-refractivity contribution in [2.75, 3.05) is 45.9 Å². The second-order valence-electron chi connectivity index (χ2n) is 6.51. The first-order valence-corrected chi connectivity index (χ1v) is 9.00. The molecule has 0 amide bonds. The summed E-state index contributed by atoms with van der Waals surface area (Å²) in [6.07, 6.45) is -7.84. The Morgan fingerprint density at radius 3 is 1.05 bits per heavy atom.